The third-order valence-corrected chi connectivity index (χ3v) is 4.80. The summed E-state index contributed by atoms with van der Waals surface area (Å²) in [7, 11) is -3.66. The van der Waals surface area contributed by atoms with Crippen LogP contribution in [-0.4, -0.2) is 47.4 Å². The first-order valence-electron chi connectivity index (χ1n) is 9.52. The molecule has 0 spiro atoms. The molecule has 0 radical (unpaired) electrons. The van der Waals surface area contributed by atoms with E-state index in [0.717, 1.165) is 6.26 Å². The fraction of sp³-hybridized carbons (Fsp3) is 0.526. The van der Waals surface area contributed by atoms with Gasteiger partial charge in [0.05, 0.1) is 18.9 Å². The van der Waals surface area contributed by atoms with Crippen LogP contribution in [0.1, 0.15) is 44.5 Å². The molecule has 30 heavy (non-hydrogen) atoms. The average molecular weight is 444 g/mol. The van der Waals surface area contributed by atoms with Gasteiger partial charge in [-0.25, -0.2) is 17.2 Å². The Morgan fingerprint density at radius 1 is 1.07 bits per heavy atom. The second kappa shape index (κ2) is 10.1. The Bertz CT molecular complexity index is 952. The molecule has 0 fully saturated rings. The van der Waals surface area contributed by atoms with E-state index in [1.807, 2.05) is 13.8 Å². The summed E-state index contributed by atoms with van der Waals surface area (Å²) in [6, 6.07) is 3.27. The molecule has 2 rings (SSSR count). The molecule has 2 atom stereocenters. The van der Waals surface area contributed by atoms with Crippen molar-refractivity contribution < 1.29 is 22.3 Å². The van der Waals surface area contributed by atoms with Crippen LogP contribution in [0.3, 0.4) is 0 Å². The van der Waals surface area contributed by atoms with Gasteiger partial charge in [-0.2, -0.15) is 15.0 Å². The highest BCUT2D eigenvalue weighted by atomic mass is 32.2. The van der Waals surface area contributed by atoms with Crippen LogP contribution in [0.5, 0.6) is 0 Å². The number of nitrogens with zero attached hydrogens (tertiary/aromatic N) is 3. The number of sulfonamides is 1. The van der Waals surface area contributed by atoms with Gasteiger partial charge >= 0.3 is 0 Å². The molecule has 1 heterocycles. The van der Waals surface area contributed by atoms with E-state index in [1.54, 1.807) is 6.92 Å². The van der Waals surface area contributed by atoms with Gasteiger partial charge in [0.25, 0.3) is 0 Å². The van der Waals surface area contributed by atoms with E-state index in [2.05, 4.69) is 25.0 Å². The molecule has 0 saturated heterocycles. The highest BCUT2D eigenvalue weighted by molar-refractivity contribution is 7.91. The molecule has 166 valence electrons. The number of aliphatic hydroxyl groups is 1. The molecular weight excluding hydrogens is 416 g/mol. The fourth-order valence-electron chi connectivity index (χ4n) is 3.08. The molecule has 0 aliphatic carbocycles. The molecule has 0 aliphatic rings. The van der Waals surface area contributed by atoms with Gasteiger partial charge in [0.2, 0.25) is 21.9 Å². The van der Waals surface area contributed by atoms with Crippen LogP contribution in [0.25, 0.3) is 0 Å². The number of anilines is 2. The molecule has 0 aliphatic heterocycles. The predicted molar refractivity (Wildman–Crippen MR) is 111 cm³/mol. The van der Waals surface area contributed by atoms with Crippen molar-refractivity contribution in [1.82, 2.24) is 15.0 Å². The Hall–Kier alpha value is -2.40. The van der Waals surface area contributed by atoms with Crippen molar-refractivity contribution in [3.8, 4) is 0 Å². The van der Waals surface area contributed by atoms with Gasteiger partial charge in [0, 0.05) is 12.0 Å². The van der Waals surface area contributed by atoms with E-state index < -0.39 is 27.6 Å². The number of hydrogen-bond acceptors (Lipinski definition) is 7. The Labute approximate surface area is 175 Å². The van der Waals surface area contributed by atoms with Crippen LogP contribution >= 0.6 is 0 Å². The van der Waals surface area contributed by atoms with Gasteiger partial charge in [-0.05, 0) is 30.4 Å². The lowest BCUT2D eigenvalue weighted by molar-refractivity contribution is 0.259. The quantitative estimate of drug-likeness (QED) is 0.517. The van der Waals surface area contributed by atoms with E-state index in [0.29, 0.717) is 6.42 Å². The normalized spacial score (nSPS) is 13.9. The van der Waals surface area contributed by atoms with Crippen molar-refractivity contribution in [2.75, 3.05) is 22.9 Å². The Kier molecular flexibility index (Phi) is 8.02. The SMILES string of the molecule is CC(C)CC(CO)Nc1nc(CC(C)c2c(F)cccc2F)nc(NS(C)(=O)=O)n1. The van der Waals surface area contributed by atoms with E-state index in [-0.39, 0.29) is 48.3 Å². The van der Waals surface area contributed by atoms with Crippen molar-refractivity contribution in [2.45, 2.75) is 45.6 Å². The number of aromatic nitrogens is 3. The highest BCUT2D eigenvalue weighted by Crippen LogP contribution is 2.25. The minimum Gasteiger partial charge on any atom is -0.394 e. The standard InChI is InChI=1S/C19H27F2N5O3S/c1-11(2)8-13(10-27)22-18-23-16(24-19(25-18)26-30(4,28)29)9-12(3)17-14(20)6-5-7-15(17)21/h5-7,11-13,27H,8-10H2,1-4H3,(H2,22,23,24,25,26). The van der Waals surface area contributed by atoms with Crippen LogP contribution in [0.15, 0.2) is 18.2 Å². The number of aliphatic hydroxyl groups excluding tert-OH is 1. The van der Waals surface area contributed by atoms with Gasteiger partial charge < -0.3 is 10.4 Å². The number of hydrogen-bond donors (Lipinski definition) is 3. The van der Waals surface area contributed by atoms with Crippen molar-refractivity contribution in [2.24, 2.45) is 5.92 Å². The van der Waals surface area contributed by atoms with Crippen molar-refractivity contribution >= 4 is 21.9 Å². The summed E-state index contributed by atoms with van der Waals surface area (Å²) in [5.74, 6) is -1.69. The number of benzene rings is 1. The smallest absolute Gasteiger partial charge is 0.241 e. The molecule has 0 saturated carbocycles. The first-order valence-corrected chi connectivity index (χ1v) is 11.4. The monoisotopic (exact) mass is 443 g/mol. The zero-order chi connectivity index (χ0) is 22.5. The molecule has 1 aromatic heterocycles. The summed E-state index contributed by atoms with van der Waals surface area (Å²) in [5, 5.41) is 12.6. The van der Waals surface area contributed by atoms with Crippen LogP contribution in [0, 0.1) is 17.6 Å². The summed E-state index contributed by atoms with van der Waals surface area (Å²) in [6.45, 7) is 5.43. The van der Waals surface area contributed by atoms with Gasteiger partial charge in [0.15, 0.2) is 0 Å². The van der Waals surface area contributed by atoms with E-state index >= 15 is 0 Å². The van der Waals surface area contributed by atoms with Crippen molar-refractivity contribution in [3.05, 3.63) is 41.2 Å². The first-order chi connectivity index (χ1) is 14.0. The molecule has 11 heteroatoms. The van der Waals surface area contributed by atoms with Crippen molar-refractivity contribution in [1.29, 1.82) is 0 Å². The lowest BCUT2D eigenvalue weighted by Gasteiger charge is -2.19. The molecule has 0 amide bonds. The lowest BCUT2D eigenvalue weighted by Crippen LogP contribution is -2.27. The van der Waals surface area contributed by atoms with Crippen molar-refractivity contribution in [3.63, 3.8) is 0 Å². The molecular formula is C19H27F2N5O3S. The largest absolute Gasteiger partial charge is 0.394 e. The number of rotatable bonds is 10. The molecule has 3 N–H and O–H groups in total. The molecule has 2 aromatic rings. The number of nitrogens with one attached hydrogen (secondary N) is 2. The van der Waals surface area contributed by atoms with Gasteiger partial charge in [0.1, 0.15) is 17.5 Å². The summed E-state index contributed by atoms with van der Waals surface area (Å²) >= 11 is 0. The Morgan fingerprint density at radius 3 is 2.20 bits per heavy atom. The average Bonchev–Trinajstić information content (AvgIpc) is 2.58. The number of halogens is 2. The first kappa shape index (κ1) is 23.9. The Morgan fingerprint density at radius 2 is 1.67 bits per heavy atom. The van der Waals surface area contributed by atoms with Gasteiger partial charge in [-0.1, -0.05) is 26.8 Å². The summed E-state index contributed by atoms with van der Waals surface area (Å²) < 4.78 is 53.6. The highest BCUT2D eigenvalue weighted by Gasteiger charge is 2.20. The fourth-order valence-corrected chi connectivity index (χ4v) is 3.50. The Balaban J connectivity index is 2.36. The maximum atomic E-state index is 14.1. The van der Waals surface area contributed by atoms with Gasteiger partial charge in [-0.3, -0.25) is 4.72 Å². The van der Waals surface area contributed by atoms with E-state index in [4.69, 9.17) is 0 Å². The minimum atomic E-state index is -3.66. The molecule has 1 aromatic carbocycles. The lowest BCUT2D eigenvalue weighted by atomic mass is 9.96. The second-order valence-corrected chi connectivity index (χ2v) is 9.42. The maximum absolute atomic E-state index is 14.1. The van der Waals surface area contributed by atoms with Gasteiger partial charge in [-0.15, -0.1) is 0 Å². The van der Waals surface area contributed by atoms with Crippen LogP contribution in [0.4, 0.5) is 20.7 Å². The third-order valence-electron chi connectivity index (χ3n) is 4.25. The van der Waals surface area contributed by atoms with Crippen LogP contribution < -0.4 is 10.0 Å². The van der Waals surface area contributed by atoms with E-state index in [1.165, 1.54) is 18.2 Å². The summed E-state index contributed by atoms with van der Waals surface area (Å²) in [5.41, 5.74) is -0.0990. The van der Waals surface area contributed by atoms with Crippen LogP contribution in [0.2, 0.25) is 0 Å². The zero-order valence-corrected chi connectivity index (χ0v) is 18.2. The summed E-state index contributed by atoms with van der Waals surface area (Å²) in [4.78, 5) is 12.4. The maximum Gasteiger partial charge on any atom is 0.241 e. The molecule has 0 bridgehead atoms. The summed E-state index contributed by atoms with van der Waals surface area (Å²) in [6.07, 6.45) is 1.63. The second-order valence-electron chi connectivity index (χ2n) is 7.67. The third kappa shape index (κ3) is 7.13. The van der Waals surface area contributed by atoms with Crippen LogP contribution in [-0.2, 0) is 16.4 Å². The molecule has 2 unspecified atom stereocenters. The molecule has 8 nitrogen and oxygen atoms in total. The van der Waals surface area contributed by atoms with E-state index in [9.17, 15) is 22.3 Å². The topological polar surface area (TPSA) is 117 Å². The zero-order valence-electron chi connectivity index (χ0n) is 17.4. The minimum absolute atomic E-state index is 0.0431. The predicted octanol–water partition coefficient (Wildman–Crippen LogP) is 2.69.